The number of aromatic carboxylic acids is 1. The van der Waals surface area contributed by atoms with Crippen LogP contribution in [0.25, 0.3) is 0 Å². The van der Waals surface area contributed by atoms with Crippen LogP contribution in [0.3, 0.4) is 0 Å². The summed E-state index contributed by atoms with van der Waals surface area (Å²) < 4.78 is 0. The molecule has 0 saturated carbocycles. The van der Waals surface area contributed by atoms with Gasteiger partial charge in [0.2, 0.25) is 0 Å². The number of carboxylic acids is 1. The van der Waals surface area contributed by atoms with Gasteiger partial charge in [-0.15, -0.1) is 6.58 Å². The summed E-state index contributed by atoms with van der Waals surface area (Å²) in [5.41, 5.74) is 0.642. The highest BCUT2D eigenvalue weighted by Crippen LogP contribution is 2.24. The zero-order chi connectivity index (χ0) is 12.8. The smallest absolute Gasteiger partial charge is 0.337 e. The number of carboxylic acid groups (broad SMARTS) is 1. The van der Waals surface area contributed by atoms with Crippen LogP contribution in [0, 0.1) is 0 Å². The van der Waals surface area contributed by atoms with Crippen LogP contribution < -0.4 is 4.90 Å². The van der Waals surface area contributed by atoms with Crippen molar-refractivity contribution >= 4 is 23.3 Å². The molecule has 0 atom stereocenters. The highest BCUT2D eigenvalue weighted by Gasteiger charge is 2.15. The molecule has 5 heteroatoms. The van der Waals surface area contributed by atoms with Gasteiger partial charge in [-0.25, -0.2) is 4.79 Å². The van der Waals surface area contributed by atoms with Crippen molar-refractivity contribution in [2.24, 2.45) is 0 Å². The quantitative estimate of drug-likeness (QED) is 0.764. The Labute approximate surface area is 105 Å². The lowest BCUT2D eigenvalue weighted by Crippen LogP contribution is -2.28. The number of benzene rings is 1. The number of rotatable bonds is 6. The van der Waals surface area contributed by atoms with Crippen molar-refractivity contribution in [1.29, 1.82) is 0 Å². The number of aliphatic hydroxyl groups is 1. The summed E-state index contributed by atoms with van der Waals surface area (Å²) in [4.78, 5) is 12.8. The first-order valence-corrected chi connectivity index (χ1v) is 5.47. The Kier molecular flexibility index (Phi) is 5.00. The zero-order valence-electron chi connectivity index (χ0n) is 9.27. The summed E-state index contributed by atoms with van der Waals surface area (Å²) in [6.07, 6.45) is 1.65. The van der Waals surface area contributed by atoms with Crippen molar-refractivity contribution in [1.82, 2.24) is 0 Å². The number of nitrogens with zero attached hydrogens (tertiary/aromatic N) is 1. The Hall–Kier alpha value is -1.52. The number of carbonyl (C=O) groups is 1. The average Bonchev–Trinajstić information content (AvgIpc) is 2.28. The molecule has 0 unspecified atom stereocenters. The van der Waals surface area contributed by atoms with Crippen molar-refractivity contribution < 1.29 is 15.0 Å². The maximum absolute atomic E-state index is 11.1. The summed E-state index contributed by atoms with van der Waals surface area (Å²) in [5, 5.41) is 18.4. The number of aliphatic hydroxyl groups excluding tert-OH is 1. The van der Waals surface area contributed by atoms with E-state index in [-0.39, 0.29) is 12.2 Å². The first-order chi connectivity index (χ1) is 8.10. The largest absolute Gasteiger partial charge is 0.478 e. The van der Waals surface area contributed by atoms with E-state index in [0.29, 0.717) is 23.8 Å². The summed E-state index contributed by atoms with van der Waals surface area (Å²) in [6, 6.07) is 4.65. The second-order valence-corrected chi connectivity index (χ2v) is 3.86. The molecule has 0 aliphatic rings. The second kappa shape index (κ2) is 6.27. The lowest BCUT2D eigenvalue weighted by Gasteiger charge is -2.24. The third-order valence-corrected chi connectivity index (χ3v) is 2.48. The minimum atomic E-state index is -1.05. The molecule has 0 amide bonds. The van der Waals surface area contributed by atoms with E-state index in [2.05, 4.69) is 6.58 Å². The molecule has 0 aromatic heterocycles. The maximum Gasteiger partial charge on any atom is 0.337 e. The molecule has 0 radical (unpaired) electrons. The summed E-state index contributed by atoms with van der Waals surface area (Å²) >= 11 is 5.77. The van der Waals surface area contributed by atoms with Crippen molar-refractivity contribution in [3.8, 4) is 0 Å². The Morgan fingerprint density at radius 3 is 2.76 bits per heavy atom. The number of hydrogen-bond acceptors (Lipinski definition) is 3. The van der Waals surface area contributed by atoms with Crippen LogP contribution >= 0.6 is 11.6 Å². The Balaban J connectivity index is 3.16. The van der Waals surface area contributed by atoms with Gasteiger partial charge in [-0.3, -0.25) is 0 Å². The summed E-state index contributed by atoms with van der Waals surface area (Å²) in [7, 11) is 0. The molecular formula is C12H14ClNO3. The number of halogens is 1. The normalized spacial score (nSPS) is 10.0. The van der Waals surface area contributed by atoms with Crippen molar-refractivity contribution in [2.75, 3.05) is 24.6 Å². The van der Waals surface area contributed by atoms with Crippen LogP contribution in [0.15, 0.2) is 30.9 Å². The van der Waals surface area contributed by atoms with Crippen LogP contribution in [0.2, 0.25) is 5.02 Å². The van der Waals surface area contributed by atoms with Crippen LogP contribution in [-0.2, 0) is 0 Å². The minimum Gasteiger partial charge on any atom is -0.478 e. The molecule has 2 N–H and O–H groups in total. The third-order valence-electron chi connectivity index (χ3n) is 2.25. The van der Waals surface area contributed by atoms with Crippen LogP contribution in [0.1, 0.15) is 10.4 Å². The lowest BCUT2D eigenvalue weighted by molar-refractivity contribution is 0.0697. The lowest BCUT2D eigenvalue weighted by atomic mass is 10.1. The number of anilines is 1. The predicted molar refractivity (Wildman–Crippen MR) is 67.9 cm³/mol. The van der Waals surface area contributed by atoms with E-state index in [1.165, 1.54) is 6.07 Å². The van der Waals surface area contributed by atoms with Gasteiger partial charge in [-0.1, -0.05) is 17.7 Å². The van der Waals surface area contributed by atoms with Crippen LogP contribution in [0.5, 0.6) is 0 Å². The molecule has 0 spiro atoms. The van der Waals surface area contributed by atoms with Gasteiger partial charge in [0, 0.05) is 18.1 Å². The predicted octanol–water partition coefficient (Wildman–Crippen LogP) is 2.02. The molecule has 92 valence electrons. The van der Waals surface area contributed by atoms with E-state index < -0.39 is 5.97 Å². The van der Waals surface area contributed by atoms with Gasteiger partial charge in [-0.2, -0.15) is 0 Å². The SMILES string of the molecule is C=CCN(CCO)c1ccc(Cl)cc1C(=O)O. The first kappa shape index (κ1) is 13.5. The number of hydrogen-bond donors (Lipinski definition) is 2. The van der Waals surface area contributed by atoms with Gasteiger partial charge < -0.3 is 15.1 Å². The molecule has 4 nitrogen and oxygen atoms in total. The van der Waals surface area contributed by atoms with Crippen molar-refractivity contribution in [3.05, 3.63) is 41.4 Å². The Morgan fingerprint density at radius 1 is 1.53 bits per heavy atom. The molecular weight excluding hydrogens is 242 g/mol. The van der Waals surface area contributed by atoms with Crippen molar-refractivity contribution in [2.45, 2.75) is 0 Å². The summed E-state index contributed by atoms with van der Waals surface area (Å²) in [6.45, 7) is 4.35. The molecule has 0 fully saturated rings. The zero-order valence-corrected chi connectivity index (χ0v) is 10.0. The first-order valence-electron chi connectivity index (χ1n) is 5.09. The average molecular weight is 256 g/mol. The monoisotopic (exact) mass is 255 g/mol. The Bertz CT molecular complexity index is 420. The molecule has 0 saturated heterocycles. The van der Waals surface area contributed by atoms with Crippen LogP contribution in [-0.4, -0.2) is 35.9 Å². The van der Waals surface area contributed by atoms with E-state index >= 15 is 0 Å². The molecule has 0 aliphatic carbocycles. The fourth-order valence-corrected chi connectivity index (χ4v) is 1.71. The molecule has 0 heterocycles. The van der Waals surface area contributed by atoms with Gasteiger partial charge in [-0.05, 0) is 18.2 Å². The highest BCUT2D eigenvalue weighted by molar-refractivity contribution is 6.31. The third kappa shape index (κ3) is 3.47. The van der Waals surface area contributed by atoms with Crippen molar-refractivity contribution in [3.63, 3.8) is 0 Å². The maximum atomic E-state index is 11.1. The van der Waals surface area contributed by atoms with Gasteiger partial charge in [0.15, 0.2) is 0 Å². The van der Waals surface area contributed by atoms with Gasteiger partial charge in [0.1, 0.15) is 0 Å². The molecule has 17 heavy (non-hydrogen) atoms. The van der Waals surface area contributed by atoms with E-state index in [1.54, 1.807) is 23.1 Å². The minimum absolute atomic E-state index is 0.0600. The van der Waals surface area contributed by atoms with Gasteiger partial charge in [0.25, 0.3) is 0 Å². The van der Waals surface area contributed by atoms with Crippen LogP contribution in [0.4, 0.5) is 5.69 Å². The fraction of sp³-hybridized carbons (Fsp3) is 0.250. The van der Waals surface area contributed by atoms with Gasteiger partial charge in [0.05, 0.1) is 17.9 Å². The fourth-order valence-electron chi connectivity index (χ4n) is 1.54. The van der Waals surface area contributed by atoms with E-state index in [1.807, 2.05) is 0 Å². The second-order valence-electron chi connectivity index (χ2n) is 3.42. The van der Waals surface area contributed by atoms with Gasteiger partial charge >= 0.3 is 5.97 Å². The standard InChI is InChI=1S/C12H14ClNO3/c1-2-5-14(6-7-15)11-4-3-9(13)8-10(11)12(16)17/h2-4,8,15H,1,5-7H2,(H,16,17). The van der Waals surface area contributed by atoms with E-state index in [4.69, 9.17) is 21.8 Å². The molecule has 0 bridgehead atoms. The molecule has 1 aromatic rings. The topological polar surface area (TPSA) is 60.8 Å². The van der Waals surface area contributed by atoms with E-state index in [0.717, 1.165) is 0 Å². The summed E-state index contributed by atoms with van der Waals surface area (Å²) in [5.74, 6) is -1.05. The Morgan fingerprint density at radius 2 is 2.24 bits per heavy atom. The molecule has 1 rings (SSSR count). The molecule has 0 aliphatic heterocycles. The van der Waals surface area contributed by atoms with E-state index in [9.17, 15) is 4.79 Å². The molecule has 1 aromatic carbocycles. The highest BCUT2D eigenvalue weighted by atomic mass is 35.5.